The van der Waals surface area contributed by atoms with Gasteiger partial charge in [0.15, 0.2) is 0 Å². The van der Waals surface area contributed by atoms with E-state index < -0.39 is 0 Å². The van der Waals surface area contributed by atoms with Crippen LogP contribution in [0.3, 0.4) is 0 Å². The third kappa shape index (κ3) is 3.95. The van der Waals surface area contributed by atoms with Crippen molar-refractivity contribution in [2.45, 2.75) is 19.5 Å². The molecular formula is C21H19FN4O. The Morgan fingerprint density at radius 1 is 1.07 bits per heavy atom. The largest absolute Gasteiger partial charge is 0.347 e. The van der Waals surface area contributed by atoms with E-state index in [0.29, 0.717) is 18.2 Å². The molecule has 0 spiro atoms. The van der Waals surface area contributed by atoms with Crippen LogP contribution in [-0.4, -0.2) is 22.4 Å². The van der Waals surface area contributed by atoms with Crippen molar-refractivity contribution in [2.75, 3.05) is 11.4 Å². The van der Waals surface area contributed by atoms with Gasteiger partial charge in [0.25, 0.3) is 5.91 Å². The van der Waals surface area contributed by atoms with Crippen molar-refractivity contribution in [3.8, 4) is 0 Å². The lowest BCUT2D eigenvalue weighted by Gasteiger charge is -2.28. The number of benzene rings is 2. The molecule has 1 amide bonds. The minimum atomic E-state index is -0.298. The molecule has 1 N–H and O–H groups in total. The number of hydrogen-bond acceptors (Lipinski definition) is 4. The fourth-order valence-corrected chi connectivity index (χ4v) is 3.17. The van der Waals surface area contributed by atoms with E-state index in [1.54, 1.807) is 24.4 Å². The average molecular weight is 362 g/mol. The molecule has 0 saturated heterocycles. The number of carbonyl (C=O) groups excluding carboxylic acids is 1. The van der Waals surface area contributed by atoms with Gasteiger partial charge in [-0.1, -0.05) is 36.4 Å². The van der Waals surface area contributed by atoms with E-state index in [1.807, 2.05) is 6.07 Å². The van der Waals surface area contributed by atoms with Crippen molar-refractivity contribution in [3.63, 3.8) is 0 Å². The number of fused-ring (bicyclic) bond motifs is 1. The van der Waals surface area contributed by atoms with Crippen LogP contribution in [0.25, 0.3) is 0 Å². The van der Waals surface area contributed by atoms with Crippen LogP contribution in [-0.2, 0) is 19.5 Å². The second-order valence-electron chi connectivity index (χ2n) is 6.49. The normalized spacial score (nSPS) is 13.1. The lowest BCUT2D eigenvalue weighted by Crippen LogP contribution is -2.32. The van der Waals surface area contributed by atoms with E-state index in [2.05, 4.69) is 38.4 Å². The lowest BCUT2D eigenvalue weighted by atomic mass is 10.0. The molecular weight excluding hydrogens is 343 g/mol. The highest BCUT2D eigenvalue weighted by atomic mass is 19.1. The van der Waals surface area contributed by atoms with Gasteiger partial charge in [-0.3, -0.25) is 4.79 Å². The predicted octanol–water partition coefficient (Wildman–Crippen LogP) is 3.11. The highest BCUT2D eigenvalue weighted by molar-refractivity contribution is 5.92. The second-order valence-corrected chi connectivity index (χ2v) is 6.49. The van der Waals surface area contributed by atoms with Crippen LogP contribution in [0, 0.1) is 5.82 Å². The van der Waals surface area contributed by atoms with Crippen LogP contribution in [0.1, 0.15) is 27.2 Å². The number of hydrogen-bond donors (Lipinski definition) is 1. The summed E-state index contributed by atoms with van der Waals surface area (Å²) in [6.07, 6.45) is 2.54. The molecule has 2 heterocycles. The number of halogens is 1. The Labute approximate surface area is 156 Å². The first kappa shape index (κ1) is 17.1. The highest BCUT2D eigenvalue weighted by Crippen LogP contribution is 2.21. The Bertz CT molecular complexity index is 958. The Kier molecular flexibility index (Phi) is 4.78. The molecule has 0 bridgehead atoms. The van der Waals surface area contributed by atoms with E-state index in [4.69, 9.17) is 0 Å². The Hall–Kier alpha value is -3.28. The van der Waals surface area contributed by atoms with Gasteiger partial charge < -0.3 is 10.2 Å². The van der Waals surface area contributed by atoms with Gasteiger partial charge in [-0.25, -0.2) is 14.4 Å². The van der Waals surface area contributed by atoms with Gasteiger partial charge in [-0.05, 0) is 41.3 Å². The van der Waals surface area contributed by atoms with Crippen molar-refractivity contribution >= 4 is 11.9 Å². The SMILES string of the molecule is O=C(NCc1ccc(F)cc1)c1ccnc(N2CCc3ccccc3C2)n1. The van der Waals surface area contributed by atoms with Crippen molar-refractivity contribution in [1.29, 1.82) is 0 Å². The van der Waals surface area contributed by atoms with E-state index in [9.17, 15) is 9.18 Å². The van der Waals surface area contributed by atoms with Crippen molar-refractivity contribution < 1.29 is 9.18 Å². The van der Waals surface area contributed by atoms with Crippen LogP contribution < -0.4 is 10.2 Å². The van der Waals surface area contributed by atoms with E-state index in [-0.39, 0.29) is 11.7 Å². The minimum Gasteiger partial charge on any atom is -0.347 e. The molecule has 3 aromatic rings. The number of amides is 1. The number of nitrogens with one attached hydrogen (secondary N) is 1. The zero-order valence-electron chi connectivity index (χ0n) is 14.7. The number of rotatable bonds is 4. The summed E-state index contributed by atoms with van der Waals surface area (Å²) in [6.45, 7) is 1.87. The molecule has 0 fully saturated rings. The summed E-state index contributed by atoms with van der Waals surface area (Å²) >= 11 is 0. The van der Waals surface area contributed by atoms with E-state index in [1.165, 1.54) is 23.3 Å². The summed E-state index contributed by atoms with van der Waals surface area (Å²) in [5, 5.41) is 2.81. The summed E-state index contributed by atoms with van der Waals surface area (Å²) in [4.78, 5) is 23.3. The number of aromatic nitrogens is 2. The number of nitrogens with zero attached hydrogens (tertiary/aromatic N) is 3. The maximum absolute atomic E-state index is 13.0. The number of anilines is 1. The maximum Gasteiger partial charge on any atom is 0.270 e. The third-order valence-corrected chi connectivity index (χ3v) is 4.66. The highest BCUT2D eigenvalue weighted by Gasteiger charge is 2.19. The summed E-state index contributed by atoms with van der Waals surface area (Å²) in [5.41, 5.74) is 3.76. The molecule has 27 heavy (non-hydrogen) atoms. The zero-order valence-corrected chi connectivity index (χ0v) is 14.7. The molecule has 1 aliphatic heterocycles. The summed E-state index contributed by atoms with van der Waals surface area (Å²) in [7, 11) is 0. The fraction of sp³-hybridized carbons (Fsp3) is 0.190. The summed E-state index contributed by atoms with van der Waals surface area (Å²) in [5.74, 6) is -0.0204. The molecule has 0 atom stereocenters. The molecule has 4 rings (SSSR count). The van der Waals surface area contributed by atoms with Gasteiger partial charge >= 0.3 is 0 Å². The molecule has 0 saturated carbocycles. The zero-order chi connectivity index (χ0) is 18.6. The Morgan fingerprint density at radius 2 is 1.85 bits per heavy atom. The molecule has 0 unspecified atom stereocenters. The van der Waals surface area contributed by atoms with Gasteiger partial charge in [0.2, 0.25) is 5.95 Å². The van der Waals surface area contributed by atoms with Crippen molar-refractivity contribution in [2.24, 2.45) is 0 Å². The molecule has 0 aliphatic carbocycles. The quantitative estimate of drug-likeness (QED) is 0.775. The van der Waals surface area contributed by atoms with E-state index in [0.717, 1.165) is 25.1 Å². The second kappa shape index (κ2) is 7.53. The van der Waals surface area contributed by atoms with Crippen molar-refractivity contribution in [3.05, 3.63) is 89.0 Å². The first-order valence-electron chi connectivity index (χ1n) is 8.86. The Morgan fingerprint density at radius 3 is 2.67 bits per heavy atom. The summed E-state index contributed by atoms with van der Waals surface area (Å²) in [6, 6.07) is 16.0. The molecule has 136 valence electrons. The van der Waals surface area contributed by atoms with Gasteiger partial charge in [0.1, 0.15) is 11.5 Å². The standard InChI is InChI=1S/C21H19FN4O/c22-18-7-5-15(6-8-18)13-24-20(27)19-9-11-23-21(25-19)26-12-10-16-3-1-2-4-17(16)14-26/h1-9,11H,10,12-14H2,(H,24,27). The van der Waals surface area contributed by atoms with Gasteiger partial charge in [0, 0.05) is 25.8 Å². The Balaban J connectivity index is 1.44. The topological polar surface area (TPSA) is 58.1 Å². The van der Waals surface area contributed by atoms with Crippen LogP contribution >= 0.6 is 0 Å². The maximum atomic E-state index is 13.0. The molecule has 5 nitrogen and oxygen atoms in total. The monoisotopic (exact) mass is 362 g/mol. The van der Waals surface area contributed by atoms with E-state index >= 15 is 0 Å². The van der Waals surface area contributed by atoms with Crippen LogP contribution in [0.2, 0.25) is 0 Å². The van der Waals surface area contributed by atoms with Gasteiger partial charge in [0.05, 0.1) is 0 Å². The average Bonchev–Trinajstić information content (AvgIpc) is 2.73. The third-order valence-electron chi connectivity index (χ3n) is 4.66. The van der Waals surface area contributed by atoms with Gasteiger partial charge in [-0.15, -0.1) is 0 Å². The number of carbonyl (C=O) groups is 1. The smallest absolute Gasteiger partial charge is 0.270 e. The van der Waals surface area contributed by atoms with Crippen molar-refractivity contribution in [1.82, 2.24) is 15.3 Å². The lowest BCUT2D eigenvalue weighted by molar-refractivity contribution is 0.0946. The minimum absolute atomic E-state index is 0.277. The molecule has 2 aromatic carbocycles. The molecule has 1 aliphatic rings. The molecule has 0 radical (unpaired) electrons. The predicted molar refractivity (Wildman–Crippen MR) is 101 cm³/mol. The van der Waals surface area contributed by atoms with Crippen LogP contribution in [0.5, 0.6) is 0 Å². The first-order valence-corrected chi connectivity index (χ1v) is 8.86. The summed E-state index contributed by atoms with van der Waals surface area (Å²) < 4.78 is 13.0. The molecule has 1 aromatic heterocycles. The van der Waals surface area contributed by atoms with Gasteiger partial charge in [-0.2, -0.15) is 0 Å². The fourth-order valence-electron chi connectivity index (χ4n) is 3.17. The first-order chi connectivity index (χ1) is 13.2. The van der Waals surface area contributed by atoms with Crippen LogP contribution in [0.15, 0.2) is 60.8 Å². The molecule has 6 heteroatoms. The van der Waals surface area contributed by atoms with Crippen LogP contribution in [0.4, 0.5) is 10.3 Å².